The van der Waals surface area contributed by atoms with Gasteiger partial charge in [-0.25, -0.2) is 9.97 Å². The van der Waals surface area contributed by atoms with E-state index in [4.69, 9.17) is 10.5 Å². The van der Waals surface area contributed by atoms with E-state index >= 15 is 0 Å². The Morgan fingerprint density at radius 1 is 1.48 bits per heavy atom. The summed E-state index contributed by atoms with van der Waals surface area (Å²) in [7, 11) is 0. The Morgan fingerprint density at radius 2 is 2.19 bits per heavy atom. The minimum Gasteiger partial charge on any atom is -0.374 e. The number of nitrogens with two attached hydrogens (primary N) is 1. The van der Waals surface area contributed by atoms with E-state index in [2.05, 4.69) is 14.9 Å². The molecule has 120 valence electrons. The molecule has 1 saturated heterocycles. The van der Waals surface area contributed by atoms with Crippen molar-refractivity contribution in [3.8, 4) is 0 Å². The maximum atomic E-state index is 12.5. The summed E-state index contributed by atoms with van der Waals surface area (Å²) >= 11 is 0. The van der Waals surface area contributed by atoms with E-state index in [1.165, 1.54) is 6.20 Å². The molecule has 1 unspecified atom stereocenters. The van der Waals surface area contributed by atoms with Gasteiger partial charge in [-0.1, -0.05) is 0 Å². The van der Waals surface area contributed by atoms with Gasteiger partial charge in [-0.3, -0.25) is 4.90 Å². The maximum Gasteiger partial charge on any atom is 0.451 e. The number of halogens is 4. The van der Waals surface area contributed by atoms with Crippen molar-refractivity contribution < 1.29 is 17.9 Å². The lowest BCUT2D eigenvalue weighted by molar-refractivity contribution is -0.145. The molecule has 1 aromatic heterocycles. The van der Waals surface area contributed by atoms with Crippen molar-refractivity contribution in [1.82, 2.24) is 14.9 Å². The highest BCUT2D eigenvalue weighted by Crippen LogP contribution is 2.26. The van der Waals surface area contributed by atoms with Crippen LogP contribution in [0.3, 0.4) is 0 Å². The Bertz CT molecular complexity index is 472. The molecule has 0 aliphatic carbocycles. The molecule has 1 fully saturated rings. The van der Waals surface area contributed by atoms with Crippen LogP contribution in [0.1, 0.15) is 17.1 Å². The minimum atomic E-state index is -4.51. The summed E-state index contributed by atoms with van der Waals surface area (Å²) < 4.78 is 42.9. The lowest BCUT2D eigenvalue weighted by atomic mass is 10.2. The molecular formula is C12H18ClF3N4O. The molecule has 5 nitrogen and oxygen atoms in total. The average molecular weight is 327 g/mol. The largest absolute Gasteiger partial charge is 0.451 e. The van der Waals surface area contributed by atoms with E-state index in [1.54, 1.807) is 6.92 Å². The van der Waals surface area contributed by atoms with Gasteiger partial charge in [0, 0.05) is 43.6 Å². The van der Waals surface area contributed by atoms with Gasteiger partial charge in [-0.05, 0) is 6.92 Å². The van der Waals surface area contributed by atoms with Crippen LogP contribution < -0.4 is 5.73 Å². The number of nitrogens with zero attached hydrogens (tertiary/aromatic N) is 3. The molecule has 1 aromatic rings. The summed E-state index contributed by atoms with van der Waals surface area (Å²) in [5.74, 6) is -1.10. The van der Waals surface area contributed by atoms with Crippen LogP contribution in [0.15, 0.2) is 6.20 Å². The fourth-order valence-corrected chi connectivity index (χ4v) is 2.09. The summed E-state index contributed by atoms with van der Waals surface area (Å²) in [6, 6.07) is 0. The summed E-state index contributed by atoms with van der Waals surface area (Å²) in [6.45, 7) is 4.45. The van der Waals surface area contributed by atoms with E-state index < -0.39 is 12.0 Å². The average Bonchev–Trinajstić information content (AvgIpc) is 2.40. The summed E-state index contributed by atoms with van der Waals surface area (Å²) in [6.07, 6.45) is -3.29. The predicted octanol–water partition coefficient (Wildman–Crippen LogP) is 1.39. The third kappa shape index (κ3) is 4.77. The molecule has 0 saturated carbocycles. The van der Waals surface area contributed by atoms with Crippen molar-refractivity contribution in [2.45, 2.75) is 25.7 Å². The Hall–Kier alpha value is -0.960. The topological polar surface area (TPSA) is 64.3 Å². The number of morpholine rings is 1. The summed E-state index contributed by atoms with van der Waals surface area (Å²) in [5, 5.41) is 0. The Labute approximate surface area is 127 Å². The second kappa shape index (κ2) is 7.35. The van der Waals surface area contributed by atoms with Crippen molar-refractivity contribution in [3.05, 3.63) is 23.3 Å². The van der Waals surface area contributed by atoms with E-state index in [1.807, 2.05) is 0 Å². The second-order valence-corrected chi connectivity index (χ2v) is 4.77. The van der Waals surface area contributed by atoms with Crippen LogP contribution in [0.2, 0.25) is 0 Å². The normalized spacial score (nSPS) is 20.1. The van der Waals surface area contributed by atoms with E-state index in [0.717, 1.165) is 6.54 Å². The molecular weight excluding hydrogens is 309 g/mol. The molecule has 1 atom stereocenters. The van der Waals surface area contributed by atoms with Crippen molar-refractivity contribution in [2.24, 2.45) is 5.73 Å². The molecule has 21 heavy (non-hydrogen) atoms. The van der Waals surface area contributed by atoms with Crippen molar-refractivity contribution in [3.63, 3.8) is 0 Å². The van der Waals surface area contributed by atoms with Crippen molar-refractivity contribution in [1.29, 1.82) is 0 Å². The molecule has 1 aliphatic rings. The minimum absolute atomic E-state index is 0. The zero-order valence-corrected chi connectivity index (χ0v) is 12.4. The molecule has 9 heteroatoms. The highest BCUT2D eigenvalue weighted by molar-refractivity contribution is 5.85. The number of hydrogen-bond acceptors (Lipinski definition) is 5. The highest BCUT2D eigenvalue weighted by Gasteiger charge is 2.35. The first-order valence-electron chi connectivity index (χ1n) is 6.34. The van der Waals surface area contributed by atoms with Gasteiger partial charge in [-0.15, -0.1) is 12.4 Å². The molecule has 0 bridgehead atoms. The number of ether oxygens (including phenoxy) is 1. The van der Waals surface area contributed by atoms with Crippen LogP contribution in [-0.2, 0) is 17.5 Å². The standard InChI is InChI=1S/C12H17F3N4O.ClH/c1-8-9(5-17-11(18-8)12(13,14)15)6-19-2-3-20-10(4-16)7-19;/h5,10H,2-4,6-7,16H2,1H3;1H. The first-order chi connectivity index (χ1) is 9.40. The number of aryl methyl sites for hydroxylation is 1. The summed E-state index contributed by atoms with van der Waals surface area (Å²) in [4.78, 5) is 9.01. The van der Waals surface area contributed by atoms with Crippen LogP contribution in [0, 0.1) is 6.92 Å². The first kappa shape index (κ1) is 18.1. The Morgan fingerprint density at radius 3 is 2.76 bits per heavy atom. The monoisotopic (exact) mass is 326 g/mol. The lowest BCUT2D eigenvalue weighted by Crippen LogP contribution is -2.45. The van der Waals surface area contributed by atoms with Gasteiger partial charge in [0.1, 0.15) is 0 Å². The molecule has 0 radical (unpaired) electrons. The van der Waals surface area contributed by atoms with Gasteiger partial charge in [-0.2, -0.15) is 13.2 Å². The third-order valence-electron chi connectivity index (χ3n) is 3.21. The van der Waals surface area contributed by atoms with Gasteiger partial charge in [0.25, 0.3) is 0 Å². The highest BCUT2D eigenvalue weighted by atomic mass is 35.5. The molecule has 1 aliphatic heterocycles. The van der Waals surface area contributed by atoms with Gasteiger partial charge in [0.15, 0.2) is 0 Å². The van der Waals surface area contributed by atoms with Crippen LogP contribution in [-0.4, -0.2) is 47.2 Å². The third-order valence-corrected chi connectivity index (χ3v) is 3.21. The van der Waals surface area contributed by atoms with Gasteiger partial charge < -0.3 is 10.5 Å². The fraction of sp³-hybridized carbons (Fsp3) is 0.667. The van der Waals surface area contributed by atoms with Crippen LogP contribution in [0.4, 0.5) is 13.2 Å². The first-order valence-corrected chi connectivity index (χ1v) is 6.34. The Balaban J connectivity index is 0.00000220. The number of hydrogen-bond donors (Lipinski definition) is 1. The fourth-order valence-electron chi connectivity index (χ4n) is 2.09. The molecule has 0 spiro atoms. The molecule has 0 aromatic carbocycles. The van der Waals surface area contributed by atoms with Crippen LogP contribution in [0.5, 0.6) is 0 Å². The van der Waals surface area contributed by atoms with Gasteiger partial charge in [0.2, 0.25) is 5.82 Å². The van der Waals surface area contributed by atoms with Crippen molar-refractivity contribution >= 4 is 12.4 Å². The van der Waals surface area contributed by atoms with E-state index in [-0.39, 0.29) is 18.5 Å². The molecule has 2 N–H and O–H groups in total. The van der Waals surface area contributed by atoms with Crippen LogP contribution >= 0.6 is 12.4 Å². The SMILES string of the molecule is Cc1nc(C(F)(F)F)ncc1CN1CCOC(CN)C1.Cl. The quantitative estimate of drug-likeness (QED) is 0.909. The lowest BCUT2D eigenvalue weighted by Gasteiger charge is -2.32. The van der Waals surface area contributed by atoms with Gasteiger partial charge in [0.05, 0.1) is 12.7 Å². The maximum absolute atomic E-state index is 12.5. The number of aromatic nitrogens is 2. The van der Waals surface area contributed by atoms with Crippen molar-refractivity contribution in [2.75, 3.05) is 26.2 Å². The molecule has 2 rings (SSSR count). The zero-order valence-electron chi connectivity index (χ0n) is 11.6. The second-order valence-electron chi connectivity index (χ2n) is 4.77. The van der Waals surface area contributed by atoms with Crippen LogP contribution in [0.25, 0.3) is 0 Å². The van der Waals surface area contributed by atoms with E-state index in [0.29, 0.717) is 37.5 Å². The Kier molecular flexibility index (Phi) is 6.33. The summed E-state index contributed by atoms with van der Waals surface area (Å²) in [5.41, 5.74) is 6.60. The number of rotatable bonds is 3. The zero-order chi connectivity index (χ0) is 14.8. The molecule has 2 heterocycles. The molecule has 0 amide bonds. The smallest absolute Gasteiger partial charge is 0.374 e. The van der Waals surface area contributed by atoms with Gasteiger partial charge >= 0.3 is 6.18 Å². The predicted molar refractivity (Wildman–Crippen MR) is 73.1 cm³/mol. The number of alkyl halides is 3. The van der Waals surface area contributed by atoms with E-state index in [9.17, 15) is 13.2 Å².